The van der Waals surface area contributed by atoms with Gasteiger partial charge in [-0.2, -0.15) is 0 Å². The third-order valence-corrected chi connectivity index (χ3v) is 2.66. The van der Waals surface area contributed by atoms with E-state index in [-0.39, 0.29) is 0 Å². The lowest BCUT2D eigenvalue weighted by Gasteiger charge is -2.37. The molecule has 0 spiro atoms. The molecule has 0 amide bonds. The zero-order valence-corrected chi connectivity index (χ0v) is 8.83. The predicted molar refractivity (Wildman–Crippen MR) is 54.7 cm³/mol. The second-order valence-corrected chi connectivity index (χ2v) is 3.74. The Morgan fingerprint density at radius 2 is 1.77 bits per heavy atom. The van der Waals surface area contributed by atoms with Crippen LogP contribution in [-0.2, 0) is 4.74 Å². The van der Waals surface area contributed by atoms with Crippen molar-refractivity contribution in [2.24, 2.45) is 5.73 Å². The Bertz CT molecular complexity index is 129. The van der Waals surface area contributed by atoms with Crippen molar-refractivity contribution in [3.8, 4) is 0 Å². The number of rotatable bonds is 4. The molecular weight excluding hydrogens is 164 g/mol. The summed E-state index contributed by atoms with van der Waals surface area (Å²) in [5, 5.41) is 0. The minimum atomic E-state index is 0.422. The summed E-state index contributed by atoms with van der Waals surface area (Å²) >= 11 is 0. The predicted octanol–water partition coefficient (Wildman–Crippen LogP) is 0.834. The van der Waals surface area contributed by atoms with E-state index in [1.165, 1.54) is 0 Å². The molecule has 1 fully saturated rings. The Kier molecular flexibility index (Phi) is 4.70. The van der Waals surface area contributed by atoms with Crippen molar-refractivity contribution in [1.29, 1.82) is 0 Å². The van der Waals surface area contributed by atoms with Gasteiger partial charge in [-0.3, -0.25) is 4.90 Å². The maximum Gasteiger partial charge on any atom is 0.0703 e. The highest BCUT2D eigenvalue weighted by molar-refractivity contribution is 4.76. The number of hydrogen-bond donors (Lipinski definition) is 1. The van der Waals surface area contributed by atoms with Gasteiger partial charge in [0.25, 0.3) is 0 Å². The molecule has 1 rings (SSSR count). The van der Waals surface area contributed by atoms with Crippen LogP contribution in [0, 0.1) is 0 Å². The summed E-state index contributed by atoms with van der Waals surface area (Å²) in [6.45, 7) is 8.25. The van der Waals surface area contributed by atoms with E-state index in [1.807, 2.05) is 0 Å². The van der Waals surface area contributed by atoms with Gasteiger partial charge in [0.1, 0.15) is 0 Å². The van der Waals surface area contributed by atoms with Gasteiger partial charge in [0, 0.05) is 26.2 Å². The van der Waals surface area contributed by atoms with Crippen LogP contribution in [0.25, 0.3) is 0 Å². The van der Waals surface area contributed by atoms with Crippen molar-refractivity contribution in [3.05, 3.63) is 0 Å². The summed E-state index contributed by atoms with van der Waals surface area (Å²) in [6.07, 6.45) is 3.06. The third-order valence-electron chi connectivity index (χ3n) is 2.66. The number of nitrogens with zero attached hydrogens (tertiary/aromatic N) is 1. The van der Waals surface area contributed by atoms with Crippen molar-refractivity contribution >= 4 is 0 Å². The molecule has 78 valence electrons. The van der Waals surface area contributed by atoms with Gasteiger partial charge in [-0.25, -0.2) is 0 Å². The van der Waals surface area contributed by atoms with Crippen molar-refractivity contribution in [1.82, 2.24) is 4.90 Å². The second-order valence-electron chi connectivity index (χ2n) is 3.74. The molecule has 1 heterocycles. The van der Waals surface area contributed by atoms with Crippen LogP contribution in [0.2, 0.25) is 0 Å². The van der Waals surface area contributed by atoms with E-state index in [4.69, 9.17) is 10.5 Å². The second kappa shape index (κ2) is 5.58. The minimum Gasteiger partial charge on any atom is -0.372 e. The topological polar surface area (TPSA) is 38.5 Å². The highest BCUT2D eigenvalue weighted by Gasteiger charge is 2.24. The lowest BCUT2D eigenvalue weighted by Crippen LogP contribution is -2.48. The Morgan fingerprint density at radius 1 is 1.23 bits per heavy atom. The molecule has 13 heavy (non-hydrogen) atoms. The zero-order valence-electron chi connectivity index (χ0n) is 8.83. The first-order chi connectivity index (χ1) is 6.30. The van der Waals surface area contributed by atoms with Crippen LogP contribution in [0.4, 0.5) is 0 Å². The van der Waals surface area contributed by atoms with E-state index in [0.717, 1.165) is 39.0 Å². The maximum atomic E-state index is 5.88. The lowest BCUT2D eigenvalue weighted by molar-refractivity contribution is -0.0860. The monoisotopic (exact) mass is 186 g/mol. The third kappa shape index (κ3) is 3.25. The summed E-state index contributed by atoms with van der Waals surface area (Å²) in [4.78, 5) is 2.42. The number of hydrogen-bond acceptors (Lipinski definition) is 3. The Morgan fingerprint density at radius 3 is 2.15 bits per heavy atom. The van der Waals surface area contributed by atoms with Gasteiger partial charge in [-0.1, -0.05) is 13.8 Å². The Labute approximate surface area is 81.2 Å². The molecule has 3 heteroatoms. The summed E-state index contributed by atoms with van der Waals surface area (Å²) in [5.74, 6) is 0. The first-order valence-electron chi connectivity index (χ1n) is 5.38. The van der Waals surface area contributed by atoms with Crippen LogP contribution >= 0.6 is 0 Å². The smallest absolute Gasteiger partial charge is 0.0703 e. The largest absolute Gasteiger partial charge is 0.372 e. The molecule has 0 aromatic heterocycles. The zero-order chi connectivity index (χ0) is 9.68. The molecule has 0 aliphatic carbocycles. The van der Waals surface area contributed by atoms with Gasteiger partial charge in [0.15, 0.2) is 0 Å². The van der Waals surface area contributed by atoms with Gasteiger partial charge in [0.05, 0.1) is 12.2 Å². The molecule has 0 bridgehead atoms. The molecule has 1 aliphatic heterocycles. The van der Waals surface area contributed by atoms with Gasteiger partial charge in [0.2, 0.25) is 0 Å². The number of ether oxygens (including phenoxy) is 1. The highest BCUT2D eigenvalue weighted by Crippen LogP contribution is 2.15. The van der Waals surface area contributed by atoms with E-state index in [1.54, 1.807) is 0 Å². The van der Waals surface area contributed by atoms with Gasteiger partial charge < -0.3 is 10.5 Å². The van der Waals surface area contributed by atoms with Gasteiger partial charge in [-0.15, -0.1) is 0 Å². The van der Waals surface area contributed by atoms with E-state index in [0.29, 0.717) is 12.2 Å². The lowest BCUT2D eigenvalue weighted by atomic mass is 10.1. The van der Waals surface area contributed by atoms with Gasteiger partial charge in [-0.05, 0) is 12.8 Å². The molecule has 0 saturated carbocycles. The molecular formula is C10H22N2O. The first-order valence-corrected chi connectivity index (χ1v) is 5.38. The molecule has 0 aromatic carbocycles. The van der Waals surface area contributed by atoms with E-state index >= 15 is 0 Å². The minimum absolute atomic E-state index is 0.422. The Hall–Kier alpha value is -0.120. The van der Waals surface area contributed by atoms with Crippen LogP contribution in [0.1, 0.15) is 26.7 Å². The number of nitrogens with two attached hydrogens (primary N) is 1. The fourth-order valence-corrected chi connectivity index (χ4v) is 1.82. The van der Waals surface area contributed by atoms with Crippen LogP contribution in [-0.4, -0.2) is 43.3 Å². The SMILES string of the molecule is CCC1CN(CCN)CC(CC)O1. The van der Waals surface area contributed by atoms with E-state index in [9.17, 15) is 0 Å². The first kappa shape index (κ1) is 11.0. The molecule has 1 aliphatic rings. The molecule has 0 radical (unpaired) electrons. The van der Waals surface area contributed by atoms with Crippen LogP contribution < -0.4 is 5.73 Å². The Balaban J connectivity index is 2.39. The molecule has 3 nitrogen and oxygen atoms in total. The number of morpholine rings is 1. The molecule has 2 unspecified atom stereocenters. The normalized spacial score (nSPS) is 30.7. The molecule has 0 aromatic rings. The highest BCUT2D eigenvalue weighted by atomic mass is 16.5. The average molecular weight is 186 g/mol. The van der Waals surface area contributed by atoms with Crippen molar-refractivity contribution < 1.29 is 4.74 Å². The fraction of sp³-hybridized carbons (Fsp3) is 1.00. The standard InChI is InChI=1S/C10H22N2O/c1-3-9-7-12(6-5-11)8-10(4-2)13-9/h9-10H,3-8,11H2,1-2H3. The van der Waals surface area contributed by atoms with Crippen LogP contribution in [0.5, 0.6) is 0 Å². The van der Waals surface area contributed by atoms with Crippen molar-refractivity contribution in [2.75, 3.05) is 26.2 Å². The van der Waals surface area contributed by atoms with Crippen LogP contribution in [0.3, 0.4) is 0 Å². The molecule has 2 atom stereocenters. The van der Waals surface area contributed by atoms with Gasteiger partial charge >= 0.3 is 0 Å². The average Bonchev–Trinajstić information content (AvgIpc) is 2.17. The summed E-state index contributed by atoms with van der Waals surface area (Å²) in [7, 11) is 0. The molecule has 2 N–H and O–H groups in total. The van der Waals surface area contributed by atoms with E-state index < -0.39 is 0 Å². The fourth-order valence-electron chi connectivity index (χ4n) is 1.82. The van der Waals surface area contributed by atoms with Crippen molar-refractivity contribution in [2.45, 2.75) is 38.9 Å². The molecule has 1 saturated heterocycles. The van der Waals surface area contributed by atoms with E-state index in [2.05, 4.69) is 18.7 Å². The maximum absolute atomic E-state index is 5.88. The summed E-state index contributed by atoms with van der Waals surface area (Å²) in [5.41, 5.74) is 5.55. The quantitative estimate of drug-likeness (QED) is 0.707. The van der Waals surface area contributed by atoms with Crippen LogP contribution in [0.15, 0.2) is 0 Å². The van der Waals surface area contributed by atoms with Crippen molar-refractivity contribution in [3.63, 3.8) is 0 Å². The summed E-state index contributed by atoms with van der Waals surface area (Å²) in [6, 6.07) is 0. The summed E-state index contributed by atoms with van der Waals surface area (Å²) < 4.78 is 5.88.